The maximum Gasteiger partial charge on any atom is 0.261 e. The van der Waals surface area contributed by atoms with Gasteiger partial charge in [0.25, 0.3) is 11.8 Å². The molecule has 4 aliphatic rings. The van der Waals surface area contributed by atoms with Gasteiger partial charge in [-0.25, -0.2) is 0 Å². The van der Waals surface area contributed by atoms with Crippen LogP contribution in [0.15, 0.2) is 24.3 Å². The SMILES string of the molecule is CC1(C)O[C@H]2[C@@H](O1)[C@@H](CN1C(=O)c3ccccc3C1=O)O[C@@H]1OC(C)(C)O[C@@H]12. The number of nitrogens with zero attached hydrogens (tertiary/aromatic N) is 1. The molecule has 0 unspecified atom stereocenters. The van der Waals surface area contributed by atoms with Gasteiger partial charge in [-0.3, -0.25) is 14.5 Å². The number of hydrogen-bond donors (Lipinski definition) is 0. The van der Waals surface area contributed by atoms with Crippen molar-refractivity contribution in [2.24, 2.45) is 0 Å². The molecule has 1 aromatic rings. The van der Waals surface area contributed by atoms with Crippen LogP contribution in [0.3, 0.4) is 0 Å². The van der Waals surface area contributed by atoms with Crippen LogP contribution in [0.1, 0.15) is 48.4 Å². The van der Waals surface area contributed by atoms with E-state index in [0.717, 1.165) is 0 Å². The highest BCUT2D eigenvalue weighted by Gasteiger charge is 2.61. The molecule has 4 aliphatic heterocycles. The minimum atomic E-state index is -0.829. The maximum absolute atomic E-state index is 12.8. The summed E-state index contributed by atoms with van der Waals surface area (Å²) in [7, 11) is 0. The predicted octanol–water partition coefficient (Wildman–Crippen LogP) is 1.68. The van der Waals surface area contributed by atoms with Gasteiger partial charge in [-0.05, 0) is 39.8 Å². The zero-order valence-electron chi connectivity index (χ0n) is 16.2. The van der Waals surface area contributed by atoms with Crippen LogP contribution in [0.5, 0.6) is 0 Å². The number of ether oxygens (including phenoxy) is 5. The summed E-state index contributed by atoms with van der Waals surface area (Å²) in [5, 5.41) is 0. The largest absolute Gasteiger partial charge is 0.342 e. The van der Waals surface area contributed by atoms with Crippen molar-refractivity contribution < 1.29 is 33.3 Å². The van der Waals surface area contributed by atoms with Gasteiger partial charge in [0, 0.05) is 0 Å². The molecule has 0 aromatic heterocycles. The van der Waals surface area contributed by atoms with E-state index in [1.165, 1.54) is 4.90 Å². The molecule has 8 nitrogen and oxygen atoms in total. The van der Waals surface area contributed by atoms with Crippen LogP contribution in [0.4, 0.5) is 0 Å². The van der Waals surface area contributed by atoms with E-state index in [4.69, 9.17) is 23.7 Å². The van der Waals surface area contributed by atoms with Gasteiger partial charge in [0.1, 0.15) is 24.4 Å². The molecule has 0 bridgehead atoms. The van der Waals surface area contributed by atoms with Crippen LogP contribution in [-0.2, 0) is 23.7 Å². The van der Waals surface area contributed by atoms with Crippen molar-refractivity contribution in [3.63, 3.8) is 0 Å². The fourth-order valence-electron chi connectivity index (χ4n) is 4.43. The highest BCUT2D eigenvalue weighted by molar-refractivity contribution is 6.21. The van der Waals surface area contributed by atoms with E-state index in [1.54, 1.807) is 24.3 Å². The maximum atomic E-state index is 12.8. The molecule has 1 aromatic carbocycles. The lowest BCUT2D eigenvalue weighted by atomic mass is 9.98. The number of benzene rings is 1. The van der Waals surface area contributed by atoms with Gasteiger partial charge in [0.05, 0.1) is 17.7 Å². The van der Waals surface area contributed by atoms with Crippen LogP contribution >= 0.6 is 0 Å². The highest BCUT2D eigenvalue weighted by Crippen LogP contribution is 2.44. The average molecular weight is 389 g/mol. The summed E-state index contributed by atoms with van der Waals surface area (Å²) in [6, 6.07) is 6.80. The van der Waals surface area contributed by atoms with E-state index in [1.807, 2.05) is 27.7 Å². The van der Waals surface area contributed by atoms with E-state index in [9.17, 15) is 9.59 Å². The molecule has 0 N–H and O–H groups in total. The Balaban J connectivity index is 1.43. The number of hydrogen-bond acceptors (Lipinski definition) is 7. The first-order valence-electron chi connectivity index (χ1n) is 9.47. The van der Waals surface area contributed by atoms with E-state index in [-0.39, 0.29) is 18.4 Å². The lowest BCUT2D eigenvalue weighted by Crippen LogP contribution is -2.58. The number of amides is 2. The van der Waals surface area contributed by atoms with Gasteiger partial charge in [-0.2, -0.15) is 0 Å². The molecule has 0 radical (unpaired) electrons. The van der Waals surface area contributed by atoms with E-state index < -0.39 is 42.3 Å². The van der Waals surface area contributed by atoms with Crippen molar-refractivity contribution in [1.82, 2.24) is 4.90 Å². The molecule has 5 atom stereocenters. The van der Waals surface area contributed by atoms with Gasteiger partial charge in [-0.1, -0.05) is 12.1 Å². The summed E-state index contributed by atoms with van der Waals surface area (Å²) in [6.07, 6.45) is -2.60. The van der Waals surface area contributed by atoms with Crippen LogP contribution in [0.2, 0.25) is 0 Å². The number of carbonyl (C=O) groups excluding carboxylic acids is 2. The number of fused-ring (bicyclic) bond motifs is 4. The first-order valence-corrected chi connectivity index (χ1v) is 9.47. The lowest BCUT2D eigenvalue weighted by molar-refractivity contribution is -0.234. The number of rotatable bonds is 2. The Bertz CT molecular complexity index is 816. The summed E-state index contributed by atoms with van der Waals surface area (Å²) in [5.74, 6) is -2.31. The molecule has 0 spiro atoms. The summed E-state index contributed by atoms with van der Waals surface area (Å²) < 4.78 is 30.1. The van der Waals surface area contributed by atoms with Gasteiger partial charge in [0.15, 0.2) is 17.9 Å². The minimum absolute atomic E-state index is 0.0555. The molecule has 5 rings (SSSR count). The predicted molar refractivity (Wildman–Crippen MR) is 94.3 cm³/mol. The summed E-state index contributed by atoms with van der Waals surface area (Å²) >= 11 is 0. The second-order valence-corrected chi connectivity index (χ2v) is 8.47. The molecule has 3 saturated heterocycles. The Morgan fingerprint density at radius 3 is 2.00 bits per heavy atom. The molecule has 28 heavy (non-hydrogen) atoms. The van der Waals surface area contributed by atoms with Crippen LogP contribution < -0.4 is 0 Å². The standard InChI is InChI=1S/C20H23NO7/c1-19(2)25-13-12(24-18-15(14(13)26-19)27-20(3,4)28-18)9-21-16(22)10-7-5-6-8-11(10)17(21)23/h5-8,12-15,18H,9H2,1-4H3/t12-,13+,14+,15-,18-/m1/s1. The zero-order valence-corrected chi connectivity index (χ0v) is 16.2. The fourth-order valence-corrected chi connectivity index (χ4v) is 4.43. The molecule has 4 heterocycles. The number of imide groups is 1. The second-order valence-electron chi connectivity index (χ2n) is 8.47. The average Bonchev–Trinajstić information content (AvgIpc) is 3.19. The van der Waals surface area contributed by atoms with Crippen molar-refractivity contribution >= 4 is 11.8 Å². The third-order valence-corrected chi connectivity index (χ3v) is 5.49. The summed E-state index contributed by atoms with van der Waals surface area (Å²) in [4.78, 5) is 26.7. The quantitative estimate of drug-likeness (QED) is 0.712. The third kappa shape index (κ3) is 2.71. The fraction of sp³-hybridized carbons (Fsp3) is 0.600. The summed E-state index contributed by atoms with van der Waals surface area (Å²) in [6.45, 7) is 7.31. The first-order chi connectivity index (χ1) is 13.2. The van der Waals surface area contributed by atoms with Crippen molar-refractivity contribution in [2.75, 3.05) is 6.54 Å². The van der Waals surface area contributed by atoms with Gasteiger partial charge >= 0.3 is 0 Å². The Morgan fingerprint density at radius 1 is 0.821 bits per heavy atom. The van der Waals surface area contributed by atoms with Crippen molar-refractivity contribution in [1.29, 1.82) is 0 Å². The van der Waals surface area contributed by atoms with Crippen LogP contribution in [0.25, 0.3) is 0 Å². The molecule has 0 aliphatic carbocycles. The first kappa shape index (κ1) is 18.2. The monoisotopic (exact) mass is 389 g/mol. The van der Waals surface area contributed by atoms with E-state index in [2.05, 4.69) is 0 Å². The normalized spacial score (nSPS) is 37.7. The van der Waals surface area contributed by atoms with Crippen molar-refractivity contribution in [3.05, 3.63) is 35.4 Å². The zero-order chi connectivity index (χ0) is 19.8. The molecular weight excluding hydrogens is 366 g/mol. The van der Waals surface area contributed by atoms with Gasteiger partial charge in [0.2, 0.25) is 0 Å². The van der Waals surface area contributed by atoms with Crippen LogP contribution in [0, 0.1) is 0 Å². The third-order valence-electron chi connectivity index (χ3n) is 5.49. The van der Waals surface area contributed by atoms with Crippen LogP contribution in [-0.4, -0.2) is 65.5 Å². The topological polar surface area (TPSA) is 83.5 Å². The summed E-state index contributed by atoms with van der Waals surface area (Å²) in [5.41, 5.74) is 0.812. The highest BCUT2D eigenvalue weighted by atomic mass is 16.9. The molecular formula is C20H23NO7. The molecule has 0 saturated carbocycles. The van der Waals surface area contributed by atoms with E-state index >= 15 is 0 Å². The number of carbonyl (C=O) groups is 2. The minimum Gasteiger partial charge on any atom is -0.342 e. The van der Waals surface area contributed by atoms with Crippen molar-refractivity contribution in [2.45, 2.75) is 70.0 Å². The molecule has 8 heteroatoms. The molecule has 150 valence electrons. The second kappa shape index (κ2) is 5.84. The smallest absolute Gasteiger partial charge is 0.261 e. The van der Waals surface area contributed by atoms with Gasteiger partial charge < -0.3 is 23.7 Å². The molecule has 3 fully saturated rings. The van der Waals surface area contributed by atoms with Gasteiger partial charge in [-0.15, -0.1) is 0 Å². The molecule has 2 amide bonds. The lowest BCUT2D eigenvalue weighted by Gasteiger charge is -2.38. The van der Waals surface area contributed by atoms with E-state index in [0.29, 0.717) is 11.1 Å². The Morgan fingerprint density at radius 2 is 1.36 bits per heavy atom. The Hall–Kier alpha value is -1.84. The Labute approximate surface area is 162 Å². The Kier molecular flexibility index (Phi) is 3.80. The van der Waals surface area contributed by atoms with Crippen molar-refractivity contribution in [3.8, 4) is 0 Å².